The van der Waals surface area contributed by atoms with Crippen LogP contribution in [0.25, 0.3) is 10.9 Å². The molecular weight excluding hydrogens is 411 g/mol. The Labute approximate surface area is 187 Å². The summed E-state index contributed by atoms with van der Waals surface area (Å²) < 4.78 is 13.2. The monoisotopic (exact) mass is 440 g/mol. The molecule has 7 heteroatoms. The van der Waals surface area contributed by atoms with Crippen molar-refractivity contribution in [2.24, 2.45) is 0 Å². The number of halogens is 1. The van der Waals surface area contributed by atoms with Crippen molar-refractivity contribution >= 4 is 33.9 Å². The largest absolute Gasteiger partial charge is 0.344 e. The fourth-order valence-electron chi connectivity index (χ4n) is 3.61. The number of H-pyrrole nitrogens is 1. The number of nitrogens with one attached hydrogen (secondary N) is 2. The van der Waals surface area contributed by atoms with Crippen molar-refractivity contribution in [2.75, 3.05) is 32.5 Å². The van der Waals surface area contributed by atoms with Gasteiger partial charge in [-0.05, 0) is 101 Å². The minimum atomic E-state index is -0.299. The summed E-state index contributed by atoms with van der Waals surface area (Å²) in [6.45, 7) is 6.05. The molecule has 0 unspecified atom stereocenters. The van der Waals surface area contributed by atoms with E-state index >= 15 is 0 Å². The number of aromatic amines is 1. The third kappa shape index (κ3) is 6.12. The van der Waals surface area contributed by atoms with Crippen molar-refractivity contribution in [3.63, 3.8) is 0 Å². The first kappa shape index (κ1) is 22.9. The summed E-state index contributed by atoms with van der Waals surface area (Å²) >= 11 is 5.65. The number of anilines is 1. The van der Waals surface area contributed by atoms with Crippen LogP contribution in [-0.4, -0.2) is 47.1 Å². The van der Waals surface area contributed by atoms with Gasteiger partial charge in [-0.3, -0.25) is 4.79 Å². The number of pyridine rings is 1. The average molecular weight is 441 g/mol. The number of hydrogen-bond donors (Lipinski definition) is 2. The molecule has 0 spiro atoms. The van der Waals surface area contributed by atoms with Gasteiger partial charge in [0.2, 0.25) is 0 Å². The molecule has 0 fully saturated rings. The number of rotatable bonds is 7. The fraction of sp³-hybridized carbons (Fsp3) is 0.333. The third-order valence-electron chi connectivity index (χ3n) is 5.17. The second-order valence-corrected chi connectivity index (χ2v) is 8.57. The van der Waals surface area contributed by atoms with Crippen molar-refractivity contribution in [3.05, 3.63) is 75.3 Å². The van der Waals surface area contributed by atoms with Gasteiger partial charge in [0.1, 0.15) is 5.82 Å². The molecule has 3 aromatic rings. The van der Waals surface area contributed by atoms with Gasteiger partial charge in [-0.15, -0.1) is 0 Å². The molecule has 0 atom stereocenters. The van der Waals surface area contributed by atoms with E-state index in [1.807, 2.05) is 45.0 Å². The van der Waals surface area contributed by atoms with Gasteiger partial charge in [0.25, 0.3) is 5.56 Å². The van der Waals surface area contributed by atoms with Crippen LogP contribution < -0.4 is 10.9 Å². The molecule has 0 saturated carbocycles. The lowest BCUT2D eigenvalue weighted by Crippen LogP contribution is -2.37. The Hall–Kier alpha value is -2.77. The molecule has 1 heterocycles. The van der Waals surface area contributed by atoms with Gasteiger partial charge in [-0.1, -0.05) is 6.07 Å². The van der Waals surface area contributed by atoms with E-state index in [1.165, 1.54) is 12.1 Å². The number of thiocarbonyl (C=S) groups is 1. The Kier molecular flexibility index (Phi) is 7.41. The third-order valence-corrected chi connectivity index (χ3v) is 5.53. The van der Waals surface area contributed by atoms with Crippen molar-refractivity contribution in [3.8, 4) is 0 Å². The zero-order valence-corrected chi connectivity index (χ0v) is 19.3. The molecule has 0 bridgehead atoms. The molecule has 31 heavy (non-hydrogen) atoms. The Balaban J connectivity index is 1.86. The van der Waals surface area contributed by atoms with Crippen molar-refractivity contribution in [2.45, 2.75) is 26.8 Å². The molecule has 164 valence electrons. The lowest BCUT2D eigenvalue weighted by Gasteiger charge is -2.26. The van der Waals surface area contributed by atoms with Gasteiger partial charge in [-0.2, -0.15) is 0 Å². The van der Waals surface area contributed by atoms with E-state index in [9.17, 15) is 9.18 Å². The fourth-order valence-corrected chi connectivity index (χ4v) is 3.88. The highest BCUT2D eigenvalue weighted by Gasteiger charge is 2.14. The van der Waals surface area contributed by atoms with E-state index < -0.39 is 0 Å². The first-order valence-electron chi connectivity index (χ1n) is 10.3. The molecule has 0 radical (unpaired) electrons. The molecule has 2 aromatic carbocycles. The molecular formula is C24H29FN4OS. The van der Waals surface area contributed by atoms with Crippen molar-refractivity contribution in [1.82, 2.24) is 14.8 Å². The standard InChI is InChI=1S/C24H29FN4OS/c1-16-12-17(2)21-14-18(23(30)27-22(21)13-16)15-29(11-5-10-28(3)4)24(31)26-20-8-6-19(25)7-9-20/h6-9,12-14H,5,10-11,15H2,1-4H3,(H,26,31)(H,27,30). The molecule has 1 aromatic heterocycles. The van der Waals surface area contributed by atoms with Crippen molar-refractivity contribution in [1.29, 1.82) is 0 Å². The predicted molar refractivity (Wildman–Crippen MR) is 130 cm³/mol. The maximum atomic E-state index is 13.2. The number of benzene rings is 2. The highest BCUT2D eigenvalue weighted by Crippen LogP contribution is 2.19. The van der Waals surface area contributed by atoms with E-state index in [0.29, 0.717) is 29.5 Å². The molecule has 5 nitrogen and oxygen atoms in total. The van der Waals surface area contributed by atoms with Crippen LogP contribution in [0.5, 0.6) is 0 Å². The first-order chi connectivity index (χ1) is 14.7. The molecule has 0 aliphatic rings. The molecule has 3 rings (SSSR count). The summed E-state index contributed by atoms with van der Waals surface area (Å²) in [7, 11) is 4.05. The summed E-state index contributed by atoms with van der Waals surface area (Å²) in [6.07, 6.45) is 0.891. The van der Waals surface area contributed by atoms with Crippen LogP contribution in [0, 0.1) is 19.7 Å². The summed E-state index contributed by atoms with van der Waals surface area (Å²) in [5.74, 6) is -0.299. The number of fused-ring (bicyclic) bond motifs is 1. The summed E-state index contributed by atoms with van der Waals surface area (Å²) in [5, 5.41) is 4.71. The summed E-state index contributed by atoms with van der Waals surface area (Å²) in [6, 6.07) is 12.1. The normalized spacial score (nSPS) is 11.2. The van der Waals surface area contributed by atoms with Crippen LogP contribution in [0.4, 0.5) is 10.1 Å². The molecule has 0 aliphatic heterocycles. The smallest absolute Gasteiger partial charge is 0.253 e. The zero-order valence-electron chi connectivity index (χ0n) is 18.5. The second-order valence-electron chi connectivity index (χ2n) is 8.18. The highest BCUT2D eigenvalue weighted by molar-refractivity contribution is 7.80. The Bertz CT molecular complexity index is 1120. The van der Waals surface area contributed by atoms with E-state index in [4.69, 9.17) is 12.2 Å². The van der Waals surface area contributed by atoms with Crippen LogP contribution in [0.15, 0.2) is 47.3 Å². The van der Waals surface area contributed by atoms with Crippen molar-refractivity contribution < 1.29 is 4.39 Å². The Morgan fingerprint density at radius 2 is 1.81 bits per heavy atom. The molecule has 0 amide bonds. The predicted octanol–water partition coefficient (Wildman–Crippen LogP) is 4.43. The zero-order chi connectivity index (χ0) is 22.5. The lowest BCUT2D eigenvalue weighted by molar-refractivity contribution is 0.346. The minimum Gasteiger partial charge on any atom is -0.344 e. The number of aromatic nitrogens is 1. The van der Waals surface area contributed by atoms with Gasteiger partial charge < -0.3 is 20.1 Å². The van der Waals surface area contributed by atoms with Crippen LogP contribution in [-0.2, 0) is 6.54 Å². The lowest BCUT2D eigenvalue weighted by atomic mass is 10.0. The van der Waals surface area contributed by atoms with E-state index in [-0.39, 0.29) is 11.4 Å². The molecule has 2 N–H and O–H groups in total. The van der Waals surface area contributed by atoms with Gasteiger partial charge in [-0.25, -0.2) is 4.39 Å². The first-order valence-corrected chi connectivity index (χ1v) is 10.7. The van der Waals surface area contributed by atoms with Gasteiger partial charge in [0, 0.05) is 28.7 Å². The summed E-state index contributed by atoms with van der Waals surface area (Å²) in [4.78, 5) is 19.9. The quantitative estimate of drug-likeness (QED) is 0.532. The van der Waals surface area contributed by atoms with Crippen LogP contribution >= 0.6 is 12.2 Å². The second kappa shape index (κ2) is 10.0. The highest BCUT2D eigenvalue weighted by atomic mass is 32.1. The van der Waals surface area contributed by atoms with Crippen LogP contribution in [0.3, 0.4) is 0 Å². The topological polar surface area (TPSA) is 51.4 Å². The van der Waals surface area contributed by atoms with Gasteiger partial charge in [0.15, 0.2) is 5.11 Å². The Morgan fingerprint density at radius 3 is 2.48 bits per heavy atom. The van der Waals surface area contributed by atoms with E-state index in [1.54, 1.807) is 12.1 Å². The summed E-state index contributed by atoms with van der Waals surface area (Å²) in [5.41, 5.74) is 4.34. The van der Waals surface area contributed by atoms with E-state index in [2.05, 4.69) is 21.3 Å². The number of nitrogens with zero attached hydrogens (tertiary/aromatic N) is 2. The number of aryl methyl sites for hydroxylation is 2. The van der Waals surface area contributed by atoms with Gasteiger partial charge in [0.05, 0.1) is 6.54 Å². The van der Waals surface area contributed by atoms with Crippen LogP contribution in [0.1, 0.15) is 23.1 Å². The maximum Gasteiger partial charge on any atom is 0.253 e. The van der Waals surface area contributed by atoms with E-state index in [0.717, 1.165) is 35.0 Å². The molecule has 0 saturated heterocycles. The average Bonchev–Trinajstić information content (AvgIpc) is 2.69. The van der Waals surface area contributed by atoms with Gasteiger partial charge >= 0.3 is 0 Å². The SMILES string of the molecule is Cc1cc(C)c2cc(CN(CCCN(C)C)C(=S)Nc3ccc(F)cc3)c(=O)[nH]c2c1. The maximum absolute atomic E-state index is 13.2. The minimum absolute atomic E-state index is 0.111. The number of hydrogen-bond acceptors (Lipinski definition) is 3. The Morgan fingerprint density at radius 1 is 1.10 bits per heavy atom. The van der Waals surface area contributed by atoms with Crippen LogP contribution in [0.2, 0.25) is 0 Å². The molecule has 0 aliphatic carbocycles.